The number of halogens is 6. The number of nitrogens with zero attached hydrogens (tertiary/aromatic N) is 3. The van der Waals surface area contributed by atoms with Crippen molar-refractivity contribution in [2.75, 3.05) is 33.2 Å². The molecule has 158 valence electrons. The van der Waals surface area contributed by atoms with Crippen molar-refractivity contribution in [2.45, 2.75) is 37.5 Å². The van der Waals surface area contributed by atoms with Crippen LogP contribution in [0, 0.1) is 11.6 Å². The van der Waals surface area contributed by atoms with Crippen LogP contribution in [-0.2, 0) is 0 Å². The molecule has 1 aromatic carbocycles. The number of alkyl halides is 3. The second-order valence-electron chi connectivity index (χ2n) is 7.02. The van der Waals surface area contributed by atoms with E-state index in [2.05, 4.69) is 10.3 Å². The average Bonchev–Trinajstić information content (AvgIpc) is 3.37. The van der Waals surface area contributed by atoms with E-state index in [0.717, 1.165) is 0 Å². The van der Waals surface area contributed by atoms with Crippen molar-refractivity contribution in [3.8, 4) is 0 Å². The lowest BCUT2D eigenvalue weighted by Crippen LogP contribution is -2.57. The molecule has 1 heterocycles. The van der Waals surface area contributed by atoms with Crippen LogP contribution in [0.15, 0.2) is 23.2 Å². The Bertz CT molecular complexity index is 683. The standard InChI is InChI=1S/C18H23F5N4.HI/c1-11(18(21,22)23)26-6-8-27(9-7-26)17(24-2)25-15-10-12(15)16-13(19)4-3-5-14(16)20;/h3-5,11-12,15H,6-10H2,1-2H3,(H,24,25);1H. The lowest BCUT2D eigenvalue weighted by atomic mass is 10.1. The van der Waals surface area contributed by atoms with Crippen LogP contribution in [0.3, 0.4) is 0 Å². The van der Waals surface area contributed by atoms with E-state index in [0.29, 0.717) is 25.5 Å². The largest absolute Gasteiger partial charge is 0.403 e. The van der Waals surface area contributed by atoms with Gasteiger partial charge in [-0.05, 0) is 25.5 Å². The van der Waals surface area contributed by atoms with Gasteiger partial charge < -0.3 is 10.2 Å². The molecule has 1 aliphatic heterocycles. The van der Waals surface area contributed by atoms with E-state index < -0.39 is 23.9 Å². The Morgan fingerprint density at radius 3 is 2.21 bits per heavy atom. The number of benzene rings is 1. The molecule has 0 spiro atoms. The second-order valence-corrected chi connectivity index (χ2v) is 7.02. The molecular weight excluding hydrogens is 494 g/mol. The van der Waals surface area contributed by atoms with Gasteiger partial charge in [0, 0.05) is 50.7 Å². The van der Waals surface area contributed by atoms with Gasteiger partial charge in [-0.25, -0.2) is 8.78 Å². The Kier molecular flexibility index (Phi) is 7.51. The van der Waals surface area contributed by atoms with Gasteiger partial charge in [-0.15, -0.1) is 24.0 Å². The van der Waals surface area contributed by atoms with Gasteiger partial charge in [0.25, 0.3) is 0 Å². The molecule has 1 aliphatic carbocycles. The highest BCUT2D eigenvalue weighted by atomic mass is 127. The Labute approximate surface area is 178 Å². The van der Waals surface area contributed by atoms with Crippen molar-refractivity contribution < 1.29 is 22.0 Å². The highest BCUT2D eigenvalue weighted by Gasteiger charge is 2.44. The zero-order valence-corrected chi connectivity index (χ0v) is 18.0. The Balaban J connectivity index is 0.00000280. The summed E-state index contributed by atoms with van der Waals surface area (Å²) in [6, 6.07) is 2.20. The molecule has 0 aromatic heterocycles. The highest BCUT2D eigenvalue weighted by Crippen LogP contribution is 2.43. The lowest BCUT2D eigenvalue weighted by Gasteiger charge is -2.39. The fourth-order valence-electron chi connectivity index (χ4n) is 3.53. The molecule has 10 heteroatoms. The monoisotopic (exact) mass is 518 g/mol. The minimum Gasteiger partial charge on any atom is -0.353 e. The molecule has 3 atom stereocenters. The minimum absolute atomic E-state index is 0. The maximum atomic E-state index is 13.9. The number of nitrogens with one attached hydrogen (secondary N) is 1. The van der Waals surface area contributed by atoms with E-state index in [1.807, 2.05) is 4.90 Å². The summed E-state index contributed by atoms with van der Waals surface area (Å²) in [5.41, 5.74) is 0.0780. The first-order chi connectivity index (χ1) is 12.7. The van der Waals surface area contributed by atoms with Crippen LogP contribution in [0.5, 0.6) is 0 Å². The molecule has 1 N–H and O–H groups in total. The summed E-state index contributed by atoms with van der Waals surface area (Å²) >= 11 is 0. The minimum atomic E-state index is -4.24. The van der Waals surface area contributed by atoms with E-state index in [1.54, 1.807) is 7.05 Å². The van der Waals surface area contributed by atoms with Crippen molar-refractivity contribution >= 4 is 29.9 Å². The predicted molar refractivity (Wildman–Crippen MR) is 108 cm³/mol. The van der Waals surface area contributed by atoms with Crippen LogP contribution in [0.2, 0.25) is 0 Å². The maximum absolute atomic E-state index is 13.9. The molecule has 1 saturated heterocycles. The zero-order chi connectivity index (χ0) is 19.8. The quantitative estimate of drug-likeness (QED) is 0.288. The molecule has 1 aromatic rings. The molecule has 0 radical (unpaired) electrons. The van der Waals surface area contributed by atoms with E-state index >= 15 is 0 Å². The average molecular weight is 518 g/mol. The van der Waals surface area contributed by atoms with Crippen molar-refractivity contribution in [1.82, 2.24) is 15.1 Å². The molecular formula is C18H24F5IN4. The van der Waals surface area contributed by atoms with Crippen molar-refractivity contribution in [3.05, 3.63) is 35.4 Å². The SMILES string of the molecule is CN=C(NC1CC1c1c(F)cccc1F)N1CCN(C(C)C(F)(F)F)CC1.I. The number of guanidine groups is 1. The van der Waals surface area contributed by atoms with Gasteiger partial charge >= 0.3 is 6.18 Å². The predicted octanol–water partition coefficient (Wildman–Crippen LogP) is 3.58. The van der Waals surface area contributed by atoms with Gasteiger partial charge in [0.05, 0.1) is 0 Å². The third kappa shape index (κ3) is 5.05. The summed E-state index contributed by atoms with van der Waals surface area (Å²) in [5.74, 6) is -0.837. The molecule has 2 fully saturated rings. The maximum Gasteiger partial charge on any atom is 0.403 e. The summed E-state index contributed by atoms with van der Waals surface area (Å²) in [6.07, 6.45) is -3.66. The van der Waals surface area contributed by atoms with Gasteiger partial charge in [0.2, 0.25) is 0 Å². The Morgan fingerprint density at radius 2 is 1.71 bits per heavy atom. The summed E-state index contributed by atoms with van der Waals surface area (Å²) in [4.78, 5) is 7.47. The van der Waals surface area contributed by atoms with Crippen LogP contribution < -0.4 is 5.32 Å². The first kappa shape index (κ1) is 23.1. The van der Waals surface area contributed by atoms with E-state index in [9.17, 15) is 22.0 Å². The van der Waals surface area contributed by atoms with Crippen LogP contribution in [0.4, 0.5) is 22.0 Å². The number of piperazine rings is 1. The lowest BCUT2D eigenvalue weighted by molar-refractivity contribution is -0.181. The highest BCUT2D eigenvalue weighted by molar-refractivity contribution is 14.0. The summed E-state index contributed by atoms with van der Waals surface area (Å²) in [5, 5.41) is 3.19. The third-order valence-electron chi connectivity index (χ3n) is 5.32. The summed E-state index contributed by atoms with van der Waals surface area (Å²) in [6.45, 7) is 2.53. The Morgan fingerprint density at radius 1 is 1.14 bits per heavy atom. The number of hydrogen-bond donors (Lipinski definition) is 1. The van der Waals surface area contributed by atoms with Crippen molar-refractivity contribution in [3.63, 3.8) is 0 Å². The number of hydrogen-bond acceptors (Lipinski definition) is 2. The molecule has 28 heavy (non-hydrogen) atoms. The molecule has 3 rings (SSSR count). The first-order valence-corrected chi connectivity index (χ1v) is 8.95. The molecule has 4 nitrogen and oxygen atoms in total. The van der Waals surface area contributed by atoms with Gasteiger partial charge in [-0.3, -0.25) is 9.89 Å². The molecule has 3 unspecified atom stereocenters. The molecule has 0 bridgehead atoms. The molecule has 1 saturated carbocycles. The summed E-state index contributed by atoms with van der Waals surface area (Å²) in [7, 11) is 1.59. The number of aliphatic imine (C=N–C) groups is 1. The third-order valence-corrected chi connectivity index (χ3v) is 5.32. The molecule has 0 amide bonds. The second kappa shape index (κ2) is 9.10. The Hall–Kier alpha value is -1.17. The van der Waals surface area contributed by atoms with Crippen LogP contribution in [-0.4, -0.2) is 67.2 Å². The summed E-state index contributed by atoms with van der Waals surface area (Å²) < 4.78 is 66.4. The van der Waals surface area contributed by atoms with Crippen LogP contribution in [0.25, 0.3) is 0 Å². The van der Waals surface area contributed by atoms with Gasteiger partial charge in [0.1, 0.15) is 17.7 Å². The normalized spacial score (nSPS) is 24.5. The first-order valence-electron chi connectivity index (χ1n) is 8.95. The fourth-order valence-corrected chi connectivity index (χ4v) is 3.53. The number of rotatable bonds is 3. The van der Waals surface area contributed by atoms with E-state index in [-0.39, 0.29) is 54.6 Å². The van der Waals surface area contributed by atoms with Gasteiger partial charge in [-0.1, -0.05) is 6.07 Å². The smallest absolute Gasteiger partial charge is 0.353 e. The van der Waals surface area contributed by atoms with Crippen molar-refractivity contribution in [2.24, 2.45) is 4.99 Å². The van der Waals surface area contributed by atoms with E-state index in [1.165, 1.54) is 30.0 Å². The van der Waals surface area contributed by atoms with Gasteiger partial charge in [-0.2, -0.15) is 13.2 Å². The molecule has 2 aliphatic rings. The van der Waals surface area contributed by atoms with E-state index in [4.69, 9.17) is 0 Å². The van der Waals surface area contributed by atoms with Crippen LogP contribution >= 0.6 is 24.0 Å². The van der Waals surface area contributed by atoms with Gasteiger partial charge in [0.15, 0.2) is 5.96 Å². The zero-order valence-electron chi connectivity index (χ0n) is 15.6. The van der Waals surface area contributed by atoms with Crippen LogP contribution in [0.1, 0.15) is 24.8 Å². The van der Waals surface area contributed by atoms with Crippen molar-refractivity contribution in [1.29, 1.82) is 0 Å². The fraction of sp³-hybridized carbons (Fsp3) is 0.611. The topological polar surface area (TPSA) is 30.9 Å².